The number of aromatic nitrogens is 2. The molecule has 0 aliphatic rings. The van der Waals surface area contributed by atoms with Gasteiger partial charge in [-0.2, -0.15) is 0 Å². The van der Waals surface area contributed by atoms with E-state index in [1.165, 1.54) is 0 Å². The number of hydrogen-bond donors (Lipinski definition) is 2. The summed E-state index contributed by atoms with van der Waals surface area (Å²) in [6, 6.07) is 5.80. The molecule has 2 aromatic heterocycles. The molecule has 0 aromatic carbocycles. The van der Waals surface area contributed by atoms with E-state index in [2.05, 4.69) is 24.1 Å². The number of rotatable bonds is 6. The van der Waals surface area contributed by atoms with Crippen molar-refractivity contribution in [1.29, 1.82) is 0 Å². The predicted octanol–water partition coefficient (Wildman–Crippen LogP) is 1.00. The number of fused-ring (bicyclic) bond motifs is 1. The molecule has 114 valence electrons. The minimum atomic E-state index is -0.00812. The standard InChI is InChI=1S/C15H23N5O/c1-11(2)9-17-14(21)10-19(3)15-12(8-16)20-7-5-4-6-13(20)18-15/h4-7,11H,8-10,16H2,1-3H3,(H,17,21). The summed E-state index contributed by atoms with van der Waals surface area (Å²) in [5.41, 5.74) is 7.58. The van der Waals surface area contributed by atoms with E-state index < -0.39 is 0 Å². The Bertz CT molecular complexity index is 620. The lowest BCUT2D eigenvalue weighted by molar-refractivity contribution is -0.119. The average Bonchev–Trinajstić information content (AvgIpc) is 2.83. The van der Waals surface area contributed by atoms with E-state index in [0.717, 1.165) is 17.2 Å². The van der Waals surface area contributed by atoms with Gasteiger partial charge < -0.3 is 20.4 Å². The van der Waals surface area contributed by atoms with E-state index in [1.807, 2.05) is 40.7 Å². The lowest BCUT2D eigenvalue weighted by atomic mass is 10.2. The van der Waals surface area contributed by atoms with Gasteiger partial charge >= 0.3 is 0 Å². The normalized spacial score (nSPS) is 11.1. The van der Waals surface area contributed by atoms with Crippen LogP contribution in [0.4, 0.5) is 5.82 Å². The van der Waals surface area contributed by atoms with Crippen molar-refractivity contribution in [2.45, 2.75) is 20.4 Å². The second-order valence-electron chi connectivity index (χ2n) is 5.57. The van der Waals surface area contributed by atoms with Crippen LogP contribution in [0.5, 0.6) is 0 Å². The third kappa shape index (κ3) is 3.52. The van der Waals surface area contributed by atoms with E-state index in [0.29, 0.717) is 19.0 Å². The molecule has 3 N–H and O–H groups in total. The topological polar surface area (TPSA) is 75.7 Å². The molecule has 6 heteroatoms. The molecular formula is C15H23N5O. The van der Waals surface area contributed by atoms with Gasteiger partial charge in [0.1, 0.15) is 5.65 Å². The number of carbonyl (C=O) groups excluding carboxylic acids is 1. The molecule has 0 radical (unpaired) electrons. The predicted molar refractivity (Wildman–Crippen MR) is 84.2 cm³/mol. The van der Waals surface area contributed by atoms with E-state index in [-0.39, 0.29) is 12.5 Å². The second kappa shape index (κ2) is 6.58. The Labute approximate surface area is 124 Å². The number of amides is 1. The number of likely N-dealkylation sites (N-methyl/N-ethyl adjacent to an activating group) is 1. The van der Waals surface area contributed by atoms with Gasteiger partial charge in [0.2, 0.25) is 5.91 Å². The van der Waals surface area contributed by atoms with Crippen molar-refractivity contribution < 1.29 is 4.79 Å². The first-order valence-electron chi connectivity index (χ1n) is 7.16. The fourth-order valence-corrected chi connectivity index (χ4v) is 2.19. The van der Waals surface area contributed by atoms with Crippen LogP contribution < -0.4 is 16.0 Å². The summed E-state index contributed by atoms with van der Waals surface area (Å²) in [5.74, 6) is 1.18. The molecule has 0 unspecified atom stereocenters. The Balaban J connectivity index is 2.15. The number of nitrogens with zero attached hydrogens (tertiary/aromatic N) is 3. The molecule has 0 spiro atoms. The van der Waals surface area contributed by atoms with Crippen molar-refractivity contribution in [2.75, 3.05) is 25.0 Å². The molecule has 2 aromatic rings. The number of pyridine rings is 1. The van der Waals surface area contributed by atoms with E-state index >= 15 is 0 Å². The summed E-state index contributed by atoms with van der Waals surface area (Å²) in [6.45, 7) is 5.46. The van der Waals surface area contributed by atoms with Crippen molar-refractivity contribution in [1.82, 2.24) is 14.7 Å². The van der Waals surface area contributed by atoms with E-state index in [4.69, 9.17) is 5.73 Å². The fourth-order valence-electron chi connectivity index (χ4n) is 2.19. The molecule has 0 bridgehead atoms. The van der Waals surface area contributed by atoms with Crippen LogP contribution in [0, 0.1) is 5.92 Å². The number of nitrogens with two attached hydrogens (primary N) is 1. The van der Waals surface area contributed by atoms with Crippen molar-refractivity contribution in [3.05, 3.63) is 30.1 Å². The molecule has 21 heavy (non-hydrogen) atoms. The summed E-state index contributed by atoms with van der Waals surface area (Å²) >= 11 is 0. The van der Waals surface area contributed by atoms with Crippen LogP contribution in [-0.4, -0.2) is 35.4 Å². The van der Waals surface area contributed by atoms with Crippen LogP contribution in [-0.2, 0) is 11.3 Å². The van der Waals surface area contributed by atoms with Crippen molar-refractivity contribution in [3.63, 3.8) is 0 Å². The molecule has 0 aliphatic heterocycles. The monoisotopic (exact) mass is 289 g/mol. The van der Waals surface area contributed by atoms with Crippen LogP contribution in [0.25, 0.3) is 5.65 Å². The summed E-state index contributed by atoms with van der Waals surface area (Å²) in [5, 5.41) is 2.91. The molecule has 0 saturated carbocycles. The Morgan fingerprint density at radius 3 is 2.90 bits per heavy atom. The maximum atomic E-state index is 11.9. The van der Waals surface area contributed by atoms with Gasteiger partial charge in [0, 0.05) is 26.3 Å². The highest BCUT2D eigenvalue weighted by Gasteiger charge is 2.16. The highest BCUT2D eigenvalue weighted by atomic mass is 16.2. The van der Waals surface area contributed by atoms with Gasteiger partial charge in [0.25, 0.3) is 0 Å². The fraction of sp³-hybridized carbons (Fsp3) is 0.467. The van der Waals surface area contributed by atoms with Crippen LogP contribution >= 0.6 is 0 Å². The first kappa shape index (κ1) is 15.3. The molecule has 2 heterocycles. The number of imidazole rings is 1. The highest BCUT2D eigenvalue weighted by Crippen LogP contribution is 2.20. The van der Waals surface area contributed by atoms with Crippen LogP contribution in [0.2, 0.25) is 0 Å². The van der Waals surface area contributed by atoms with Crippen molar-refractivity contribution in [3.8, 4) is 0 Å². The molecule has 0 fully saturated rings. The zero-order chi connectivity index (χ0) is 15.4. The lowest BCUT2D eigenvalue weighted by Crippen LogP contribution is -2.37. The highest BCUT2D eigenvalue weighted by molar-refractivity contribution is 5.81. The third-order valence-electron chi connectivity index (χ3n) is 3.25. The van der Waals surface area contributed by atoms with Gasteiger partial charge in [-0.3, -0.25) is 4.79 Å². The number of carbonyl (C=O) groups is 1. The van der Waals surface area contributed by atoms with Crippen LogP contribution in [0.15, 0.2) is 24.4 Å². The SMILES string of the molecule is CC(C)CNC(=O)CN(C)c1nc2ccccn2c1CN. The van der Waals surface area contributed by atoms with Gasteiger partial charge in [-0.25, -0.2) is 4.98 Å². The minimum absolute atomic E-state index is 0.00812. The molecular weight excluding hydrogens is 266 g/mol. The molecule has 1 amide bonds. The molecule has 0 atom stereocenters. The third-order valence-corrected chi connectivity index (χ3v) is 3.25. The zero-order valence-corrected chi connectivity index (χ0v) is 12.8. The van der Waals surface area contributed by atoms with E-state index in [1.54, 1.807) is 0 Å². The molecule has 2 rings (SSSR count). The Kier molecular flexibility index (Phi) is 4.80. The summed E-state index contributed by atoms with van der Waals surface area (Å²) in [4.78, 5) is 18.3. The first-order valence-corrected chi connectivity index (χ1v) is 7.16. The Morgan fingerprint density at radius 2 is 2.24 bits per heavy atom. The number of nitrogens with one attached hydrogen (secondary N) is 1. The van der Waals surface area contributed by atoms with E-state index in [9.17, 15) is 4.79 Å². The van der Waals surface area contributed by atoms with Crippen molar-refractivity contribution in [2.24, 2.45) is 11.7 Å². The van der Waals surface area contributed by atoms with Crippen LogP contribution in [0.1, 0.15) is 19.5 Å². The van der Waals surface area contributed by atoms with Gasteiger partial charge in [0.15, 0.2) is 5.82 Å². The molecule has 6 nitrogen and oxygen atoms in total. The van der Waals surface area contributed by atoms with Gasteiger partial charge in [-0.05, 0) is 18.1 Å². The summed E-state index contributed by atoms with van der Waals surface area (Å²) in [7, 11) is 1.86. The minimum Gasteiger partial charge on any atom is -0.354 e. The van der Waals surface area contributed by atoms with Gasteiger partial charge in [-0.15, -0.1) is 0 Å². The maximum absolute atomic E-state index is 11.9. The summed E-state index contributed by atoms with van der Waals surface area (Å²) in [6.07, 6.45) is 1.93. The van der Waals surface area contributed by atoms with Crippen molar-refractivity contribution >= 4 is 17.4 Å². The smallest absolute Gasteiger partial charge is 0.239 e. The van der Waals surface area contributed by atoms with Crippen LogP contribution in [0.3, 0.4) is 0 Å². The summed E-state index contributed by atoms with van der Waals surface area (Å²) < 4.78 is 1.96. The average molecular weight is 289 g/mol. The van der Waals surface area contributed by atoms with Gasteiger partial charge in [-0.1, -0.05) is 19.9 Å². The first-order chi connectivity index (χ1) is 10.0. The molecule has 0 saturated heterocycles. The quantitative estimate of drug-likeness (QED) is 0.832. The second-order valence-corrected chi connectivity index (χ2v) is 5.57. The largest absolute Gasteiger partial charge is 0.354 e. The maximum Gasteiger partial charge on any atom is 0.239 e. The lowest BCUT2D eigenvalue weighted by Gasteiger charge is -2.18. The number of hydrogen-bond acceptors (Lipinski definition) is 4. The Morgan fingerprint density at radius 1 is 1.48 bits per heavy atom. The van der Waals surface area contributed by atoms with Gasteiger partial charge in [0.05, 0.1) is 12.2 Å². The Hall–Kier alpha value is -2.08. The molecule has 0 aliphatic carbocycles. The zero-order valence-electron chi connectivity index (χ0n) is 12.8. The number of anilines is 1.